The average molecular weight is 277 g/mol. The van der Waals surface area contributed by atoms with Crippen LogP contribution in [0.25, 0.3) is 0 Å². The second kappa shape index (κ2) is 7.24. The molecule has 1 aromatic rings. The lowest BCUT2D eigenvalue weighted by Crippen LogP contribution is -2.39. The molecule has 1 atom stereocenters. The summed E-state index contributed by atoms with van der Waals surface area (Å²) in [5.41, 5.74) is 0.625. The molecule has 1 saturated heterocycles. The van der Waals surface area contributed by atoms with Crippen molar-refractivity contribution < 1.29 is 9.90 Å². The highest BCUT2D eigenvalue weighted by atomic mass is 16.3. The minimum absolute atomic E-state index is 0.0685. The van der Waals surface area contributed by atoms with Crippen LogP contribution < -0.4 is 10.2 Å². The summed E-state index contributed by atoms with van der Waals surface area (Å²) in [6.45, 7) is 4.55. The molecule has 1 fully saturated rings. The van der Waals surface area contributed by atoms with Gasteiger partial charge in [-0.3, -0.25) is 4.79 Å². The van der Waals surface area contributed by atoms with Gasteiger partial charge in [0.1, 0.15) is 5.82 Å². The fourth-order valence-electron chi connectivity index (χ4n) is 2.57. The highest BCUT2D eigenvalue weighted by molar-refractivity contribution is 5.98. The van der Waals surface area contributed by atoms with Crippen LogP contribution in [0.5, 0.6) is 0 Å². The zero-order valence-electron chi connectivity index (χ0n) is 12.0. The summed E-state index contributed by atoms with van der Waals surface area (Å²) in [4.78, 5) is 18.7. The van der Waals surface area contributed by atoms with Crippen molar-refractivity contribution in [1.29, 1.82) is 0 Å². The van der Waals surface area contributed by atoms with E-state index >= 15 is 0 Å². The number of aliphatic hydroxyl groups excluding tert-OH is 1. The Kier molecular flexibility index (Phi) is 5.35. The molecule has 0 radical (unpaired) electrons. The second-order valence-electron chi connectivity index (χ2n) is 5.27. The third-order valence-corrected chi connectivity index (χ3v) is 3.64. The molecule has 5 heteroatoms. The summed E-state index contributed by atoms with van der Waals surface area (Å²) in [7, 11) is 0. The van der Waals surface area contributed by atoms with Crippen molar-refractivity contribution in [3.05, 3.63) is 23.9 Å². The smallest absolute Gasteiger partial charge is 0.255 e. The van der Waals surface area contributed by atoms with Crippen LogP contribution in [-0.2, 0) is 0 Å². The Morgan fingerprint density at radius 1 is 1.60 bits per heavy atom. The number of aliphatic hydroxyl groups is 1. The van der Waals surface area contributed by atoms with Gasteiger partial charge in [-0.25, -0.2) is 4.98 Å². The van der Waals surface area contributed by atoms with E-state index in [9.17, 15) is 9.90 Å². The summed E-state index contributed by atoms with van der Waals surface area (Å²) in [5.74, 6) is 0.942. The van der Waals surface area contributed by atoms with Gasteiger partial charge in [-0.1, -0.05) is 6.92 Å². The van der Waals surface area contributed by atoms with Gasteiger partial charge in [0, 0.05) is 32.4 Å². The lowest BCUT2D eigenvalue weighted by atomic mass is 9.98. The number of nitrogens with one attached hydrogen (secondary N) is 1. The highest BCUT2D eigenvalue weighted by Gasteiger charge is 2.23. The van der Waals surface area contributed by atoms with Crippen molar-refractivity contribution in [2.45, 2.75) is 26.2 Å². The molecular weight excluding hydrogens is 254 g/mol. The van der Waals surface area contributed by atoms with Crippen LogP contribution in [0.3, 0.4) is 0 Å². The number of amides is 1. The SMILES string of the molecule is CCCNC(=O)c1cccnc1N1CCC[C@@H](CO)C1. The Hall–Kier alpha value is -1.62. The van der Waals surface area contributed by atoms with E-state index in [1.165, 1.54) is 0 Å². The molecule has 5 nitrogen and oxygen atoms in total. The summed E-state index contributed by atoms with van der Waals surface area (Å²) in [6, 6.07) is 3.60. The molecule has 0 aliphatic carbocycles. The van der Waals surface area contributed by atoms with Crippen molar-refractivity contribution in [3.63, 3.8) is 0 Å². The molecule has 110 valence electrons. The quantitative estimate of drug-likeness (QED) is 0.854. The first-order valence-corrected chi connectivity index (χ1v) is 7.35. The van der Waals surface area contributed by atoms with E-state index in [0.717, 1.165) is 38.2 Å². The van der Waals surface area contributed by atoms with Crippen LogP contribution in [0.2, 0.25) is 0 Å². The van der Waals surface area contributed by atoms with Gasteiger partial charge in [0.2, 0.25) is 0 Å². The average Bonchev–Trinajstić information content (AvgIpc) is 2.52. The lowest BCUT2D eigenvalue weighted by Gasteiger charge is -2.33. The van der Waals surface area contributed by atoms with Crippen molar-refractivity contribution in [2.24, 2.45) is 5.92 Å². The van der Waals surface area contributed by atoms with Gasteiger partial charge in [0.15, 0.2) is 0 Å². The fourth-order valence-corrected chi connectivity index (χ4v) is 2.57. The fraction of sp³-hybridized carbons (Fsp3) is 0.600. The Morgan fingerprint density at radius 3 is 3.20 bits per heavy atom. The van der Waals surface area contributed by atoms with E-state index in [2.05, 4.69) is 15.2 Å². The summed E-state index contributed by atoms with van der Waals surface area (Å²) >= 11 is 0. The molecule has 2 heterocycles. The first-order valence-electron chi connectivity index (χ1n) is 7.35. The highest BCUT2D eigenvalue weighted by Crippen LogP contribution is 2.24. The van der Waals surface area contributed by atoms with Crippen LogP contribution in [0.4, 0.5) is 5.82 Å². The largest absolute Gasteiger partial charge is 0.396 e. The molecule has 0 bridgehead atoms. The van der Waals surface area contributed by atoms with Gasteiger partial charge in [0.05, 0.1) is 5.56 Å². The normalized spacial score (nSPS) is 18.9. The van der Waals surface area contributed by atoms with Crippen molar-refractivity contribution in [1.82, 2.24) is 10.3 Å². The Bertz CT molecular complexity index is 450. The molecule has 0 unspecified atom stereocenters. The molecular formula is C15H23N3O2. The number of carbonyl (C=O) groups is 1. The minimum atomic E-state index is -0.0685. The summed E-state index contributed by atoms with van der Waals surface area (Å²) < 4.78 is 0. The number of anilines is 1. The Balaban J connectivity index is 2.16. The van der Waals surface area contributed by atoms with Crippen molar-refractivity contribution in [2.75, 3.05) is 31.1 Å². The van der Waals surface area contributed by atoms with Gasteiger partial charge in [-0.05, 0) is 37.3 Å². The molecule has 0 saturated carbocycles. The number of pyridine rings is 1. The van der Waals surface area contributed by atoms with Crippen molar-refractivity contribution >= 4 is 11.7 Å². The maximum Gasteiger partial charge on any atom is 0.255 e. The first-order chi connectivity index (χ1) is 9.76. The zero-order valence-corrected chi connectivity index (χ0v) is 12.0. The van der Waals surface area contributed by atoms with Crippen LogP contribution in [-0.4, -0.2) is 42.2 Å². The van der Waals surface area contributed by atoms with E-state index < -0.39 is 0 Å². The van der Waals surface area contributed by atoms with Gasteiger partial charge < -0.3 is 15.3 Å². The van der Waals surface area contributed by atoms with E-state index in [-0.39, 0.29) is 18.4 Å². The second-order valence-corrected chi connectivity index (χ2v) is 5.27. The first kappa shape index (κ1) is 14.8. The zero-order chi connectivity index (χ0) is 14.4. The summed E-state index contributed by atoms with van der Waals surface area (Å²) in [5, 5.41) is 12.2. The Labute approximate surface area is 120 Å². The van der Waals surface area contributed by atoms with Gasteiger partial charge in [0.25, 0.3) is 5.91 Å². The molecule has 1 amide bonds. The molecule has 0 aromatic carbocycles. The van der Waals surface area contributed by atoms with Crippen LogP contribution in [0, 0.1) is 5.92 Å². The molecule has 1 aliphatic heterocycles. The molecule has 1 aliphatic rings. The predicted molar refractivity (Wildman–Crippen MR) is 78.9 cm³/mol. The third kappa shape index (κ3) is 3.48. The monoisotopic (exact) mass is 277 g/mol. The van der Waals surface area contributed by atoms with Crippen LogP contribution >= 0.6 is 0 Å². The standard InChI is InChI=1S/C15H23N3O2/c1-2-7-17-15(20)13-6-3-8-16-14(13)18-9-4-5-12(10-18)11-19/h3,6,8,12,19H,2,4-5,7,9-11H2,1H3,(H,17,20)/t12-/m1/s1. The van der Waals surface area contributed by atoms with E-state index in [1.54, 1.807) is 12.3 Å². The molecule has 2 rings (SSSR count). The molecule has 0 spiro atoms. The minimum Gasteiger partial charge on any atom is -0.396 e. The number of carbonyl (C=O) groups excluding carboxylic acids is 1. The van der Waals surface area contributed by atoms with Gasteiger partial charge in [-0.2, -0.15) is 0 Å². The van der Waals surface area contributed by atoms with Crippen LogP contribution in [0.1, 0.15) is 36.5 Å². The lowest BCUT2D eigenvalue weighted by molar-refractivity contribution is 0.0953. The summed E-state index contributed by atoms with van der Waals surface area (Å²) in [6.07, 6.45) is 4.70. The number of aromatic nitrogens is 1. The number of piperidine rings is 1. The molecule has 20 heavy (non-hydrogen) atoms. The number of hydrogen-bond donors (Lipinski definition) is 2. The van der Waals surface area contributed by atoms with Crippen LogP contribution in [0.15, 0.2) is 18.3 Å². The van der Waals surface area contributed by atoms with E-state index in [1.807, 2.05) is 13.0 Å². The molecule has 2 N–H and O–H groups in total. The van der Waals surface area contributed by atoms with Gasteiger partial charge in [-0.15, -0.1) is 0 Å². The van der Waals surface area contributed by atoms with Crippen molar-refractivity contribution in [3.8, 4) is 0 Å². The van der Waals surface area contributed by atoms with Gasteiger partial charge >= 0.3 is 0 Å². The van der Waals surface area contributed by atoms with E-state index in [4.69, 9.17) is 0 Å². The third-order valence-electron chi connectivity index (χ3n) is 3.64. The maximum atomic E-state index is 12.2. The Morgan fingerprint density at radius 2 is 2.45 bits per heavy atom. The molecule has 1 aromatic heterocycles. The number of rotatable bonds is 5. The number of hydrogen-bond acceptors (Lipinski definition) is 4. The predicted octanol–water partition coefficient (Wildman–Crippen LogP) is 1.43. The maximum absolute atomic E-state index is 12.2. The topological polar surface area (TPSA) is 65.5 Å². The number of nitrogens with zero attached hydrogens (tertiary/aromatic N) is 2. The van der Waals surface area contributed by atoms with E-state index in [0.29, 0.717) is 12.1 Å².